The Bertz CT molecular complexity index is 413. The first-order valence-electron chi connectivity index (χ1n) is 7.39. The maximum atomic E-state index is 5.33. The van der Waals surface area contributed by atoms with E-state index >= 15 is 0 Å². The maximum Gasteiger partial charge on any atom is 0.119 e. The third kappa shape index (κ3) is 4.14. The van der Waals surface area contributed by atoms with Gasteiger partial charge in [0.25, 0.3) is 0 Å². The van der Waals surface area contributed by atoms with Gasteiger partial charge in [-0.25, -0.2) is 0 Å². The average molecular weight is 294 g/mol. The van der Waals surface area contributed by atoms with Crippen LogP contribution in [-0.4, -0.2) is 55.7 Å². The number of rotatable bonds is 6. The third-order valence-electron chi connectivity index (χ3n) is 3.96. The van der Waals surface area contributed by atoms with E-state index in [-0.39, 0.29) is 0 Å². The van der Waals surface area contributed by atoms with Gasteiger partial charge in [0.15, 0.2) is 0 Å². The molecule has 1 aromatic carbocycles. The quantitative estimate of drug-likeness (QED) is 0.870. The molecule has 0 radical (unpaired) electrons. The predicted molar refractivity (Wildman–Crippen MR) is 87.9 cm³/mol. The van der Waals surface area contributed by atoms with Crippen molar-refractivity contribution >= 4 is 11.8 Å². The molecular formula is C16H26N2OS. The summed E-state index contributed by atoms with van der Waals surface area (Å²) in [6.45, 7) is 4.40. The van der Waals surface area contributed by atoms with Crippen LogP contribution in [0.1, 0.15) is 12.5 Å². The lowest BCUT2D eigenvalue weighted by Crippen LogP contribution is -2.53. The molecule has 0 aliphatic carbocycles. The highest BCUT2D eigenvalue weighted by atomic mass is 32.2. The minimum Gasteiger partial charge on any atom is -0.497 e. The summed E-state index contributed by atoms with van der Waals surface area (Å²) in [7, 11) is 3.98. The van der Waals surface area contributed by atoms with Crippen molar-refractivity contribution < 1.29 is 4.74 Å². The van der Waals surface area contributed by atoms with Crippen LogP contribution in [0.4, 0.5) is 0 Å². The van der Waals surface area contributed by atoms with Crippen LogP contribution in [0.3, 0.4) is 0 Å². The van der Waals surface area contributed by atoms with Crippen molar-refractivity contribution in [2.45, 2.75) is 25.4 Å². The molecule has 0 bridgehead atoms. The predicted octanol–water partition coefficient (Wildman–Crippen LogP) is 2.26. The highest BCUT2D eigenvalue weighted by Crippen LogP contribution is 2.21. The van der Waals surface area contributed by atoms with Gasteiger partial charge in [-0.1, -0.05) is 19.1 Å². The van der Waals surface area contributed by atoms with E-state index in [1.54, 1.807) is 7.11 Å². The standard InChI is InChI=1S/C16H26N2OS/c1-4-17-15(16-12-20-9-8-18(16)2)11-13-6-5-7-14(10-13)19-3/h5-7,10,15-17H,4,8-9,11-12H2,1-3H3. The van der Waals surface area contributed by atoms with Gasteiger partial charge in [-0.3, -0.25) is 0 Å². The van der Waals surface area contributed by atoms with Crippen molar-refractivity contribution in [3.05, 3.63) is 29.8 Å². The Morgan fingerprint density at radius 2 is 2.35 bits per heavy atom. The van der Waals surface area contributed by atoms with E-state index in [2.05, 4.69) is 54.1 Å². The molecule has 0 aromatic heterocycles. The molecule has 1 N–H and O–H groups in total. The number of nitrogens with one attached hydrogen (secondary N) is 1. The smallest absolute Gasteiger partial charge is 0.119 e. The molecule has 2 atom stereocenters. The lowest BCUT2D eigenvalue weighted by Gasteiger charge is -2.38. The van der Waals surface area contributed by atoms with Crippen LogP contribution < -0.4 is 10.1 Å². The number of ether oxygens (including phenoxy) is 1. The highest BCUT2D eigenvalue weighted by molar-refractivity contribution is 7.99. The molecule has 0 saturated carbocycles. The second-order valence-electron chi connectivity index (χ2n) is 5.34. The van der Waals surface area contributed by atoms with Crippen LogP contribution in [0.2, 0.25) is 0 Å². The van der Waals surface area contributed by atoms with Crippen LogP contribution in [0, 0.1) is 0 Å². The molecule has 3 nitrogen and oxygen atoms in total. The van der Waals surface area contributed by atoms with Gasteiger partial charge in [0.05, 0.1) is 7.11 Å². The second-order valence-corrected chi connectivity index (χ2v) is 6.49. The third-order valence-corrected chi connectivity index (χ3v) is 5.01. The Balaban J connectivity index is 2.07. The van der Waals surface area contributed by atoms with E-state index in [9.17, 15) is 0 Å². The van der Waals surface area contributed by atoms with Crippen molar-refractivity contribution in [3.63, 3.8) is 0 Å². The number of likely N-dealkylation sites (N-methyl/N-ethyl adjacent to an activating group) is 2. The Morgan fingerprint density at radius 3 is 3.05 bits per heavy atom. The number of methoxy groups -OCH3 is 1. The minimum absolute atomic E-state index is 0.505. The fraction of sp³-hybridized carbons (Fsp3) is 0.625. The topological polar surface area (TPSA) is 24.5 Å². The first-order chi connectivity index (χ1) is 9.74. The normalized spacial score (nSPS) is 21.6. The molecule has 1 saturated heterocycles. The monoisotopic (exact) mass is 294 g/mol. The molecule has 1 heterocycles. The molecular weight excluding hydrogens is 268 g/mol. The van der Waals surface area contributed by atoms with Gasteiger partial charge < -0.3 is 15.0 Å². The number of nitrogens with zero attached hydrogens (tertiary/aromatic N) is 1. The Labute approximate surface area is 127 Å². The van der Waals surface area contributed by atoms with Gasteiger partial charge in [-0.2, -0.15) is 11.8 Å². The van der Waals surface area contributed by atoms with E-state index in [1.165, 1.54) is 23.6 Å². The van der Waals surface area contributed by atoms with Crippen LogP contribution in [-0.2, 0) is 6.42 Å². The summed E-state index contributed by atoms with van der Waals surface area (Å²) in [6, 6.07) is 9.55. The molecule has 0 spiro atoms. The molecule has 2 unspecified atom stereocenters. The minimum atomic E-state index is 0.505. The number of thioether (sulfide) groups is 1. The molecule has 0 amide bonds. The second kappa shape index (κ2) is 7.91. The molecule has 1 aliphatic heterocycles. The van der Waals surface area contributed by atoms with Gasteiger partial charge in [-0.05, 0) is 37.7 Å². The van der Waals surface area contributed by atoms with Gasteiger partial charge in [0.2, 0.25) is 0 Å². The van der Waals surface area contributed by atoms with Crippen molar-refractivity contribution in [2.75, 3.05) is 38.8 Å². The lowest BCUT2D eigenvalue weighted by molar-refractivity contribution is 0.215. The van der Waals surface area contributed by atoms with E-state index in [4.69, 9.17) is 4.74 Å². The molecule has 112 valence electrons. The summed E-state index contributed by atoms with van der Waals surface area (Å²) >= 11 is 2.07. The zero-order chi connectivity index (χ0) is 14.4. The van der Waals surface area contributed by atoms with Crippen molar-refractivity contribution in [1.29, 1.82) is 0 Å². The fourth-order valence-electron chi connectivity index (χ4n) is 2.79. The van der Waals surface area contributed by atoms with Crippen molar-refractivity contribution in [1.82, 2.24) is 10.2 Å². The van der Waals surface area contributed by atoms with E-state index in [1.807, 2.05) is 6.07 Å². The van der Waals surface area contributed by atoms with E-state index in [0.29, 0.717) is 12.1 Å². The summed E-state index contributed by atoms with van der Waals surface area (Å²) in [5.74, 6) is 3.42. The van der Waals surface area contributed by atoms with Gasteiger partial charge >= 0.3 is 0 Å². The Hall–Kier alpha value is -0.710. The maximum absolute atomic E-state index is 5.33. The van der Waals surface area contributed by atoms with Crippen molar-refractivity contribution in [3.8, 4) is 5.75 Å². The highest BCUT2D eigenvalue weighted by Gasteiger charge is 2.27. The first kappa shape index (κ1) is 15.7. The number of hydrogen-bond donors (Lipinski definition) is 1. The van der Waals surface area contributed by atoms with Gasteiger partial charge in [0.1, 0.15) is 5.75 Å². The summed E-state index contributed by atoms with van der Waals surface area (Å²) in [5.41, 5.74) is 1.35. The summed E-state index contributed by atoms with van der Waals surface area (Å²) < 4.78 is 5.33. The molecule has 20 heavy (non-hydrogen) atoms. The van der Waals surface area contributed by atoms with Crippen LogP contribution in [0.25, 0.3) is 0 Å². The Kier molecular flexibility index (Phi) is 6.20. The SMILES string of the molecule is CCNC(Cc1cccc(OC)c1)C1CSCCN1C. The fourth-order valence-corrected chi connectivity index (χ4v) is 4.10. The largest absolute Gasteiger partial charge is 0.497 e. The van der Waals surface area contributed by atoms with Crippen LogP contribution in [0.15, 0.2) is 24.3 Å². The zero-order valence-corrected chi connectivity index (χ0v) is 13.6. The molecule has 4 heteroatoms. The van der Waals surface area contributed by atoms with E-state index in [0.717, 1.165) is 18.7 Å². The number of hydrogen-bond acceptors (Lipinski definition) is 4. The average Bonchev–Trinajstić information content (AvgIpc) is 2.47. The lowest BCUT2D eigenvalue weighted by atomic mass is 9.99. The molecule has 1 fully saturated rings. The van der Waals surface area contributed by atoms with Crippen LogP contribution >= 0.6 is 11.8 Å². The van der Waals surface area contributed by atoms with Crippen LogP contribution in [0.5, 0.6) is 5.75 Å². The molecule has 1 aliphatic rings. The summed E-state index contributed by atoms with van der Waals surface area (Å²) in [4.78, 5) is 2.50. The van der Waals surface area contributed by atoms with E-state index < -0.39 is 0 Å². The molecule has 1 aromatic rings. The van der Waals surface area contributed by atoms with Crippen molar-refractivity contribution in [2.24, 2.45) is 0 Å². The van der Waals surface area contributed by atoms with Gasteiger partial charge in [0, 0.05) is 30.1 Å². The Morgan fingerprint density at radius 1 is 1.50 bits per heavy atom. The summed E-state index contributed by atoms with van der Waals surface area (Å²) in [5, 5.41) is 3.67. The first-order valence-corrected chi connectivity index (χ1v) is 8.54. The number of benzene rings is 1. The molecule has 2 rings (SSSR count). The van der Waals surface area contributed by atoms with Gasteiger partial charge in [-0.15, -0.1) is 0 Å². The zero-order valence-electron chi connectivity index (χ0n) is 12.8. The summed E-state index contributed by atoms with van der Waals surface area (Å²) in [6.07, 6.45) is 1.06.